The van der Waals surface area contributed by atoms with Crippen LogP contribution in [0.1, 0.15) is 12.2 Å². The topological polar surface area (TPSA) is 89.7 Å². The molecule has 2 aromatic heterocycles. The number of methoxy groups -OCH3 is 2. The van der Waals surface area contributed by atoms with Crippen LogP contribution in [0, 0.1) is 12.8 Å². The van der Waals surface area contributed by atoms with E-state index in [2.05, 4.69) is 14.5 Å². The highest BCUT2D eigenvalue weighted by atomic mass is 32.2. The highest BCUT2D eigenvalue weighted by molar-refractivity contribution is 7.76. The summed E-state index contributed by atoms with van der Waals surface area (Å²) < 4.78 is 35.3. The lowest BCUT2D eigenvalue weighted by Gasteiger charge is -2.15. The predicted octanol–water partition coefficient (Wildman–Crippen LogP) is 2.37. The van der Waals surface area contributed by atoms with Gasteiger partial charge in [-0.25, -0.2) is 13.5 Å². The summed E-state index contributed by atoms with van der Waals surface area (Å²) in [6.45, 7) is 3.95. The molecule has 144 valence electrons. The van der Waals surface area contributed by atoms with Gasteiger partial charge in [-0.1, -0.05) is 0 Å². The molecule has 1 N–H and O–H groups in total. The Morgan fingerprint density at radius 1 is 1.26 bits per heavy atom. The first-order chi connectivity index (χ1) is 13.0. The number of aryl methyl sites for hydroxylation is 1. The lowest BCUT2D eigenvalue weighted by atomic mass is 10.1. The van der Waals surface area contributed by atoms with Gasteiger partial charge in [-0.05, 0) is 25.3 Å². The van der Waals surface area contributed by atoms with Gasteiger partial charge in [0.15, 0.2) is 11.5 Å². The summed E-state index contributed by atoms with van der Waals surface area (Å²) in [7, 11) is 3.22. The number of rotatable bonds is 5. The Kier molecular flexibility index (Phi) is 4.75. The molecule has 2 unspecified atom stereocenters. The molecule has 1 aromatic carbocycles. The molecule has 3 aromatic rings. The normalized spacial score (nSPS) is 19.0. The van der Waals surface area contributed by atoms with E-state index < -0.39 is 11.3 Å². The summed E-state index contributed by atoms with van der Waals surface area (Å²) in [5, 5.41) is 0.950. The van der Waals surface area contributed by atoms with Gasteiger partial charge in [-0.3, -0.25) is 9.54 Å². The second-order valence-corrected chi connectivity index (χ2v) is 7.74. The highest BCUT2D eigenvalue weighted by Gasteiger charge is 2.27. The largest absolute Gasteiger partial charge is 0.493 e. The third kappa shape index (κ3) is 3.15. The first kappa shape index (κ1) is 18.1. The van der Waals surface area contributed by atoms with E-state index in [0.29, 0.717) is 30.5 Å². The SMILES string of the molecule is COc1cc2ncc3nc(C)n(CC4CCN(S(=O)O)C4)c3c2cc1OC. The lowest BCUT2D eigenvalue weighted by molar-refractivity contribution is 0.356. The Labute approximate surface area is 159 Å². The minimum Gasteiger partial charge on any atom is -0.493 e. The van der Waals surface area contributed by atoms with Crippen molar-refractivity contribution < 1.29 is 18.2 Å². The van der Waals surface area contributed by atoms with Crippen molar-refractivity contribution in [2.24, 2.45) is 5.92 Å². The van der Waals surface area contributed by atoms with Gasteiger partial charge in [-0.15, -0.1) is 0 Å². The molecule has 0 bridgehead atoms. The van der Waals surface area contributed by atoms with Crippen molar-refractivity contribution >= 4 is 33.2 Å². The molecule has 1 aliphatic rings. The zero-order chi connectivity index (χ0) is 19.1. The van der Waals surface area contributed by atoms with Gasteiger partial charge in [0.2, 0.25) is 11.3 Å². The van der Waals surface area contributed by atoms with E-state index in [1.165, 1.54) is 0 Å². The maximum absolute atomic E-state index is 11.3. The lowest BCUT2D eigenvalue weighted by Crippen LogP contribution is -2.23. The number of pyridine rings is 1. The summed E-state index contributed by atoms with van der Waals surface area (Å²) >= 11 is -1.90. The minimum absolute atomic E-state index is 0.292. The van der Waals surface area contributed by atoms with E-state index in [-0.39, 0.29) is 0 Å². The number of benzene rings is 1. The van der Waals surface area contributed by atoms with E-state index in [1.54, 1.807) is 24.7 Å². The molecule has 8 nitrogen and oxygen atoms in total. The van der Waals surface area contributed by atoms with Crippen LogP contribution in [0.3, 0.4) is 0 Å². The molecule has 3 heterocycles. The predicted molar refractivity (Wildman–Crippen MR) is 103 cm³/mol. The molecule has 27 heavy (non-hydrogen) atoms. The van der Waals surface area contributed by atoms with Crippen LogP contribution in [-0.4, -0.2) is 54.9 Å². The molecule has 1 aliphatic heterocycles. The Morgan fingerprint density at radius 3 is 2.67 bits per heavy atom. The fourth-order valence-corrected chi connectivity index (χ4v) is 4.43. The number of fused-ring (bicyclic) bond motifs is 3. The number of ether oxygens (including phenoxy) is 2. The first-order valence-electron chi connectivity index (χ1n) is 8.75. The van der Waals surface area contributed by atoms with Crippen LogP contribution in [0.2, 0.25) is 0 Å². The maximum atomic E-state index is 11.3. The average molecular weight is 390 g/mol. The van der Waals surface area contributed by atoms with Crippen molar-refractivity contribution in [1.29, 1.82) is 0 Å². The Hall–Kier alpha value is -2.23. The molecule has 0 aliphatic carbocycles. The smallest absolute Gasteiger partial charge is 0.234 e. The summed E-state index contributed by atoms with van der Waals surface area (Å²) in [5.41, 5.74) is 2.64. The molecule has 2 atom stereocenters. The van der Waals surface area contributed by atoms with Gasteiger partial charge >= 0.3 is 0 Å². The second kappa shape index (κ2) is 7.06. The molecular weight excluding hydrogens is 368 g/mol. The Balaban J connectivity index is 1.81. The molecule has 0 saturated carbocycles. The van der Waals surface area contributed by atoms with Crippen LogP contribution in [0.15, 0.2) is 18.3 Å². The summed E-state index contributed by atoms with van der Waals surface area (Å²) in [6.07, 6.45) is 2.66. The van der Waals surface area contributed by atoms with Crippen LogP contribution in [0.4, 0.5) is 0 Å². The molecule has 4 rings (SSSR count). The van der Waals surface area contributed by atoms with Crippen molar-refractivity contribution in [3.8, 4) is 11.5 Å². The Bertz CT molecular complexity index is 1040. The average Bonchev–Trinajstić information content (AvgIpc) is 3.26. The van der Waals surface area contributed by atoms with Gasteiger partial charge in [0, 0.05) is 31.1 Å². The standard InChI is InChI=1S/C18H22N4O4S/c1-11-20-15-8-19-14-7-17(26-3)16(25-2)6-13(14)18(15)22(11)10-12-4-5-21(9-12)27(23)24/h6-8,12H,4-5,9-10H2,1-3H3,(H,23,24). The van der Waals surface area contributed by atoms with Crippen molar-refractivity contribution in [1.82, 2.24) is 18.8 Å². The molecule has 1 fully saturated rings. The number of nitrogens with zero attached hydrogens (tertiary/aromatic N) is 4. The number of hydrogen-bond acceptors (Lipinski definition) is 5. The van der Waals surface area contributed by atoms with Crippen LogP contribution >= 0.6 is 0 Å². The van der Waals surface area contributed by atoms with E-state index in [4.69, 9.17) is 9.47 Å². The van der Waals surface area contributed by atoms with Crippen LogP contribution < -0.4 is 9.47 Å². The fourth-order valence-electron chi connectivity index (χ4n) is 3.83. The van der Waals surface area contributed by atoms with E-state index in [0.717, 1.165) is 40.7 Å². The summed E-state index contributed by atoms with van der Waals surface area (Å²) in [4.78, 5) is 9.18. The number of aromatic nitrogens is 3. The molecule has 9 heteroatoms. The zero-order valence-corrected chi connectivity index (χ0v) is 16.3. The summed E-state index contributed by atoms with van der Waals surface area (Å²) in [5.74, 6) is 2.47. The third-order valence-corrected chi connectivity index (χ3v) is 5.95. The number of imidazole rings is 1. The molecule has 1 saturated heterocycles. The fraction of sp³-hybridized carbons (Fsp3) is 0.444. The second-order valence-electron chi connectivity index (χ2n) is 6.76. The first-order valence-corrected chi connectivity index (χ1v) is 9.81. The van der Waals surface area contributed by atoms with Gasteiger partial charge in [0.1, 0.15) is 11.3 Å². The third-order valence-electron chi connectivity index (χ3n) is 5.18. The van der Waals surface area contributed by atoms with Crippen LogP contribution in [0.5, 0.6) is 11.5 Å². The van der Waals surface area contributed by atoms with Crippen molar-refractivity contribution in [2.75, 3.05) is 27.3 Å². The van der Waals surface area contributed by atoms with E-state index in [9.17, 15) is 8.76 Å². The molecule has 0 spiro atoms. The Morgan fingerprint density at radius 2 is 2.00 bits per heavy atom. The van der Waals surface area contributed by atoms with Crippen LogP contribution in [-0.2, 0) is 17.8 Å². The van der Waals surface area contributed by atoms with Crippen molar-refractivity contribution in [2.45, 2.75) is 19.9 Å². The monoisotopic (exact) mass is 390 g/mol. The summed E-state index contributed by atoms with van der Waals surface area (Å²) in [6, 6.07) is 3.80. The number of hydrogen-bond donors (Lipinski definition) is 1. The minimum atomic E-state index is -1.90. The molecule has 0 radical (unpaired) electrons. The quantitative estimate of drug-likeness (QED) is 0.673. The maximum Gasteiger partial charge on any atom is 0.234 e. The zero-order valence-electron chi connectivity index (χ0n) is 15.5. The van der Waals surface area contributed by atoms with Gasteiger partial charge in [0.05, 0.1) is 31.4 Å². The van der Waals surface area contributed by atoms with Gasteiger partial charge in [-0.2, -0.15) is 0 Å². The van der Waals surface area contributed by atoms with E-state index >= 15 is 0 Å². The van der Waals surface area contributed by atoms with Crippen molar-refractivity contribution in [3.05, 3.63) is 24.2 Å². The van der Waals surface area contributed by atoms with E-state index in [1.807, 2.05) is 19.1 Å². The van der Waals surface area contributed by atoms with Crippen LogP contribution in [0.25, 0.3) is 21.9 Å². The van der Waals surface area contributed by atoms with Gasteiger partial charge < -0.3 is 14.0 Å². The highest BCUT2D eigenvalue weighted by Crippen LogP contribution is 2.35. The molecular formula is C18H22N4O4S. The van der Waals surface area contributed by atoms with Gasteiger partial charge in [0.25, 0.3) is 0 Å². The molecule has 0 amide bonds. The van der Waals surface area contributed by atoms with Crippen molar-refractivity contribution in [3.63, 3.8) is 0 Å².